The zero-order chi connectivity index (χ0) is 20.3. The Bertz CT molecular complexity index is 822. The standard InChI is InChI=1S/C23H30N2O3/c1-5-6-7-12-28-22(27)19-15(2)25-17-13-23(3,4)14-18(26)21(17)20(19)16-8-10-24-11-9-16/h8-11,20,25H,5-7,12-14H2,1-4H3/t20-/m0/s1. The second-order valence-corrected chi connectivity index (χ2v) is 8.55. The van der Waals surface area contributed by atoms with Crippen LogP contribution in [0, 0.1) is 5.41 Å². The number of Topliss-reactive ketones (excluding diaryl/α,β-unsaturated/α-hetero) is 1. The quantitative estimate of drug-likeness (QED) is 0.583. The number of unbranched alkanes of at least 4 members (excludes halogenated alkanes) is 2. The van der Waals surface area contributed by atoms with Crippen molar-refractivity contribution in [2.24, 2.45) is 5.41 Å². The number of hydrogen-bond acceptors (Lipinski definition) is 5. The molecule has 0 bridgehead atoms. The van der Waals surface area contributed by atoms with Gasteiger partial charge in [-0.05, 0) is 42.9 Å². The molecule has 5 heteroatoms. The van der Waals surface area contributed by atoms with Crippen LogP contribution in [0.2, 0.25) is 0 Å². The first-order valence-corrected chi connectivity index (χ1v) is 10.1. The fourth-order valence-electron chi connectivity index (χ4n) is 4.19. The van der Waals surface area contributed by atoms with E-state index in [2.05, 4.69) is 31.1 Å². The summed E-state index contributed by atoms with van der Waals surface area (Å²) in [6, 6.07) is 3.76. The zero-order valence-corrected chi connectivity index (χ0v) is 17.3. The summed E-state index contributed by atoms with van der Waals surface area (Å²) in [6.07, 6.45) is 7.62. The lowest BCUT2D eigenvalue weighted by Gasteiger charge is -2.39. The topological polar surface area (TPSA) is 68.3 Å². The van der Waals surface area contributed by atoms with Gasteiger partial charge in [0.1, 0.15) is 0 Å². The number of dihydropyridines is 1. The highest BCUT2D eigenvalue weighted by molar-refractivity contribution is 6.04. The van der Waals surface area contributed by atoms with Gasteiger partial charge < -0.3 is 10.1 Å². The van der Waals surface area contributed by atoms with Crippen LogP contribution in [0.15, 0.2) is 47.1 Å². The fourth-order valence-corrected chi connectivity index (χ4v) is 4.19. The molecule has 1 aliphatic heterocycles. The Hall–Kier alpha value is -2.43. The molecule has 2 aliphatic rings. The van der Waals surface area contributed by atoms with Gasteiger partial charge in [-0.25, -0.2) is 4.79 Å². The van der Waals surface area contributed by atoms with Crippen LogP contribution in [-0.4, -0.2) is 23.3 Å². The molecule has 150 valence electrons. The number of ether oxygens (including phenoxy) is 1. The van der Waals surface area contributed by atoms with Gasteiger partial charge in [0.2, 0.25) is 0 Å². The molecule has 0 saturated carbocycles. The van der Waals surface area contributed by atoms with Crippen LogP contribution in [-0.2, 0) is 14.3 Å². The maximum absolute atomic E-state index is 13.1. The highest BCUT2D eigenvalue weighted by atomic mass is 16.5. The zero-order valence-electron chi connectivity index (χ0n) is 17.3. The van der Waals surface area contributed by atoms with E-state index in [1.54, 1.807) is 12.4 Å². The van der Waals surface area contributed by atoms with Gasteiger partial charge in [-0.3, -0.25) is 9.78 Å². The Morgan fingerprint density at radius 2 is 1.96 bits per heavy atom. The van der Waals surface area contributed by atoms with Gasteiger partial charge in [-0.15, -0.1) is 0 Å². The number of rotatable bonds is 6. The highest BCUT2D eigenvalue weighted by Crippen LogP contribution is 2.46. The first-order chi connectivity index (χ1) is 13.3. The molecule has 1 aromatic heterocycles. The van der Waals surface area contributed by atoms with Crippen molar-refractivity contribution in [3.8, 4) is 0 Å². The Balaban J connectivity index is 1.99. The molecule has 0 radical (unpaired) electrons. The Morgan fingerprint density at radius 3 is 2.64 bits per heavy atom. The maximum Gasteiger partial charge on any atom is 0.336 e. The number of ketones is 1. The van der Waals surface area contributed by atoms with Crippen molar-refractivity contribution in [1.82, 2.24) is 10.3 Å². The average molecular weight is 383 g/mol. The first kappa shape index (κ1) is 20.3. The van der Waals surface area contributed by atoms with E-state index in [-0.39, 0.29) is 17.2 Å². The van der Waals surface area contributed by atoms with E-state index in [9.17, 15) is 9.59 Å². The smallest absolute Gasteiger partial charge is 0.336 e. The molecule has 0 fully saturated rings. The van der Waals surface area contributed by atoms with E-state index in [1.807, 2.05) is 19.1 Å². The van der Waals surface area contributed by atoms with Crippen LogP contribution >= 0.6 is 0 Å². The highest BCUT2D eigenvalue weighted by Gasteiger charge is 2.43. The largest absolute Gasteiger partial charge is 0.462 e. The van der Waals surface area contributed by atoms with Gasteiger partial charge >= 0.3 is 5.97 Å². The van der Waals surface area contributed by atoms with Gasteiger partial charge in [-0.2, -0.15) is 0 Å². The summed E-state index contributed by atoms with van der Waals surface area (Å²) in [4.78, 5) is 30.2. The lowest BCUT2D eigenvalue weighted by atomic mass is 9.68. The summed E-state index contributed by atoms with van der Waals surface area (Å²) >= 11 is 0. The fraction of sp³-hybridized carbons (Fsp3) is 0.522. The van der Waals surface area contributed by atoms with Crippen molar-refractivity contribution < 1.29 is 14.3 Å². The minimum absolute atomic E-state index is 0.0931. The number of aromatic nitrogens is 1. The summed E-state index contributed by atoms with van der Waals surface area (Å²) in [6.45, 7) is 8.62. The molecule has 5 nitrogen and oxygen atoms in total. The van der Waals surface area contributed by atoms with Gasteiger partial charge in [0.05, 0.1) is 12.2 Å². The molecule has 0 aromatic carbocycles. The molecule has 0 saturated heterocycles. The minimum atomic E-state index is -0.401. The molecule has 0 amide bonds. The average Bonchev–Trinajstić information content (AvgIpc) is 2.63. The van der Waals surface area contributed by atoms with E-state index >= 15 is 0 Å². The molecule has 1 atom stereocenters. The Morgan fingerprint density at radius 1 is 1.25 bits per heavy atom. The molecule has 2 heterocycles. The van der Waals surface area contributed by atoms with Crippen molar-refractivity contribution >= 4 is 11.8 Å². The van der Waals surface area contributed by atoms with E-state index in [0.29, 0.717) is 24.2 Å². The van der Waals surface area contributed by atoms with E-state index in [4.69, 9.17) is 4.74 Å². The Labute approximate surface area is 167 Å². The Kier molecular flexibility index (Phi) is 6.01. The number of nitrogens with zero attached hydrogens (tertiary/aromatic N) is 1. The van der Waals surface area contributed by atoms with Gasteiger partial charge in [0, 0.05) is 41.7 Å². The number of esters is 1. The molecular weight excluding hydrogens is 352 g/mol. The lowest BCUT2D eigenvalue weighted by Crippen LogP contribution is -2.38. The van der Waals surface area contributed by atoms with Crippen molar-refractivity contribution in [2.75, 3.05) is 6.61 Å². The third-order valence-electron chi connectivity index (χ3n) is 5.48. The van der Waals surface area contributed by atoms with E-state index < -0.39 is 5.92 Å². The molecule has 1 aliphatic carbocycles. The molecular formula is C23H30N2O3. The summed E-state index contributed by atoms with van der Waals surface area (Å²) in [7, 11) is 0. The van der Waals surface area contributed by atoms with Crippen molar-refractivity contribution in [3.05, 3.63) is 52.6 Å². The van der Waals surface area contributed by atoms with E-state index in [1.165, 1.54) is 0 Å². The molecule has 0 unspecified atom stereocenters. The van der Waals surface area contributed by atoms with Gasteiger partial charge in [0.15, 0.2) is 5.78 Å². The summed E-state index contributed by atoms with van der Waals surface area (Å²) in [5.74, 6) is -0.641. The lowest BCUT2D eigenvalue weighted by molar-refractivity contribution is -0.139. The van der Waals surface area contributed by atoms with Crippen molar-refractivity contribution in [1.29, 1.82) is 0 Å². The minimum Gasteiger partial charge on any atom is -0.462 e. The predicted octanol–water partition coefficient (Wildman–Crippen LogP) is 4.42. The third kappa shape index (κ3) is 4.18. The number of nitrogens with one attached hydrogen (secondary N) is 1. The second-order valence-electron chi connectivity index (χ2n) is 8.55. The maximum atomic E-state index is 13.1. The van der Waals surface area contributed by atoms with Crippen LogP contribution in [0.5, 0.6) is 0 Å². The molecule has 1 aromatic rings. The van der Waals surface area contributed by atoms with Crippen LogP contribution < -0.4 is 5.32 Å². The van der Waals surface area contributed by atoms with E-state index in [0.717, 1.165) is 42.6 Å². The van der Waals surface area contributed by atoms with Crippen LogP contribution in [0.3, 0.4) is 0 Å². The first-order valence-electron chi connectivity index (χ1n) is 10.1. The van der Waals surface area contributed by atoms with Crippen LogP contribution in [0.4, 0.5) is 0 Å². The number of allylic oxidation sites excluding steroid dienone is 3. The van der Waals surface area contributed by atoms with Crippen molar-refractivity contribution in [3.63, 3.8) is 0 Å². The monoisotopic (exact) mass is 382 g/mol. The summed E-state index contributed by atoms with van der Waals surface area (Å²) in [5.41, 5.74) is 3.75. The summed E-state index contributed by atoms with van der Waals surface area (Å²) < 4.78 is 5.58. The molecule has 3 rings (SSSR count). The molecule has 1 N–H and O–H groups in total. The second kappa shape index (κ2) is 8.29. The molecule has 28 heavy (non-hydrogen) atoms. The number of pyridine rings is 1. The van der Waals surface area contributed by atoms with Crippen LogP contribution in [0.1, 0.15) is 71.3 Å². The van der Waals surface area contributed by atoms with Gasteiger partial charge in [-0.1, -0.05) is 33.6 Å². The van der Waals surface area contributed by atoms with Crippen molar-refractivity contribution in [2.45, 2.75) is 65.7 Å². The molecule has 0 spiro atoms. The number of carbonyl (C=O) groups is 2. The number of hydrogen-bond donors (Lipinski definition) is 1. The predicted molar refractivity (Wildman–Crippen MR) is 108 cm³/mol. The number of carbonyl (C=O) groups excluding carboxylic acids is 2. The SMILES string of the molecule is CCCCCOC(=O)C1=C(C)NC2=C(C(=O)CC(C)(C)C2)[C@H]1c1ccncc1. The van der Waals surface area contributed by atoms with Gasteiger partial charge in [0.25, 0.3) is 0 Å². The third-order valence-corrected chi connectivity index (χ3v) is 5.48. The van der Waals surface area contributed by atoms with Crippen LogP contribution in [0.25, 0.3) is 0 Å². The summed E-state index contributed by atoms with van der Waals surface area (Å²) in [5, 5.41) is 3.36. The normalized spacial score (nSPS) is 21.3.